The average molecular weight is 545 g/mol. The number of hydrogen-bond acceptors (Lipinski definition) is 8. The summed E-state index contributed by atoms with van der Waals surface area (Å²) in [6, 6.07) is 29.0. The molecule has 0 radical (unpaired) electrons. The highest BCUT2D eigenvalue weighted by atomic mass is 17.2. The monoisotopic (exact) mass is 544 g/mol. The lowest BCUT2D eigenvalue weighted by molar-refractivity contribution is -0.384. The molecule has 1 amide bonds. The number of aliphatic hydroxyl groups is 1. The highest BCUT2D eigenvalue weighted by Crippen LogP contribution is 2.37. The van der Waals surface area contributed by atoms with E-state index in [2.05, 4.69) is 10.2 Å². The summed E-state index contributed by atoms with van der Waals surface area (Å²) in [5.41, 5.74) is 0.615. The van der Waals surface area contributed by atoms with Gasteiger partial charge in [0.05, 0.1) is 18.6 Å². The summed E-state index contributed by atoms with van der Waals surface area (Å²) in [5, 5.41) is 25.1. The molecule has 1 atom stereocenters. The van der Waals surface area contributed by atoms with Crippen LogP contribution >= 0.6 is 0 Å². The molecule has 0 saturated carbocycles. The average Bonchev–Trinajstić information content (AvgIpc) is 3.00. The largest absolute Gasteiger partial charge is 0.497 e. The van der Waals surface area contributed by atoms with Gasteiger partial charge in [0.2, 0.25) is 0 Å². The first-order valence-electron chi connectivity index (χ1n) is 12.4. The fraction of sp³-hybridized carbons (Fsp3) is 0.167. The minimum absolute atomic E-state index is 0.101. The Balaban J connectivity index is 1.28. The van der Waals surface area contributed by atoms with Gasteiger partial charge in [-0.05, 0) is 59.5 Å². The van der Waals surface area contributed by atoms with Crippen LogP contribution in [-0.2, 0) is 10.5 Å². The van der Waals surface area contributed by atoms with Crippen molar-refractivity contribution in [3.05, 3.63) is 130 Å². The minimum atomic E-state index is -1.38. The normalized spacial score (nSPS) is 12.1. The maximum absolute atomic E-state index is 12.0. The number of benzene rings is 4. The quantitative estimate of drug-likeness (QED) is 0.0800. The molecule has 2 N–H and O–H groups in total. The lowest BCUT2D eigenvalue weighted by atomic mass is 9.80. The zero-order valence-electron chi connectivity index (χ0n) is 21.7. The second-order valence-electron chi connectivity index (χ2n) is 8.66. The van der Waals surface area contributed by atoms with E-state index in [1.807, 2.05) is 66.7 Å². The molecule has 40 heavy (non-hydrogen) atoms. The number of nitrogens with one attached hydrogen (secondary N) is 1. The van der Waals surface area contributed by atoms with Gasteiger partial charge >= 0.3 is 6.09 Å². The first kappa shape index (κ1) is 27.9. The first-order valence-corrected chi connectivity index (χ1v) is 12.4. The number of nitrogens with zero attached hydrogens (tertiary/aromatic N) is 1. The Kier molecular flexibility index (Phi) is 9.16. The zero-order chi connectivity index (χ0) is 28.4. The third-order valence-electron chi connectivity index (χ3n) is 6.09. The highest BCUT2D eigenvalue weighted by Gasteiger charge is 2.33. The summed E-state index contributed by atoms with van der Waals surface area (Å²) in [7, 11) is 1.60. The van der Waals surface area contributed by atoms with E-state index in [1.165, 1.54) is 24.3 Å². The Hall–Kier alpha value is -5.09. The van der Waals surface area contributed by atoms with Crippen LogP contribution in [0.15, 0.2) is 103 Å². The minimum Gasteiger partial charge on any atom is -0.497 e. The number of carbonyl (C=O) groups excluding carboxylic acids is 1. The van der Waals surface area contributed by atoms with Crippen LogP contribution in [0, 0.1) is 10.1 Å². The molecule has 0 bridgehead atoms. The van der Waals surface area contributed by atoms with Crippen LogP contribution in [-0.4, -0.2) is 36.4 Å². The molecule has 0 aliphatic carbocycles. The molecule has 4 aromatic rings. The van der Waals surface area contributed by atoms with Crippen molar-refractivity contribution in [1.29, 1.82) is 0 Å². The predicted molar refractivity (Wildman–Crippen MR) is 146 cm³/mol. The number of amides is 1. The topological polar surface area (TPSA) is 129 Å². The lowest BCUT2D eigenvalue weighted by Crippen LogP contribution is -2.28. The molecule has 0 heterocycles. The predicted octanol–water partition coefficient (Wildman–Crippen LogP) is 5.38. The van der Waals surface area contributed by atoms with Crippen LogP contribution < -0.4 is 19.7 Å². The number of ether oxygens (including phenoxy) is 2. The van der Waals surface area contributed by atoms with E-state index in [0.29, 0.717) is 35.7 Å². The van der Waals surface area contributed by atoms with E-state index in [-0.39, 0.29) is 18.0 Å². The number of carbonyl (C=O) groups is 1. The number of rotatable bonds is 12. The summed E-state index contributed by atoms with van der Waals surface area (Å²) in [4.78, 5) is 31.4. The summed E-state index contributed by atoms with van der Waals surface area (Å²) >= 11 is 0. The van der Waals surface area contributed by atoms with E-state index in [9.17, 15) is 20.0 Å². The molecule has 10 nitrogen and oxygen atoms in total. The summed E-state index contributed by atoms with van der Waals surface area (Å²) in [5.74, 6) is 1.46. The number of methoxy groups -OCH3 is 1. The van der Waals surface area contributed by atoms with Crippen LogP contribution in [0.5, 0.6) is 17.2 Å². The molecule has 4 rings (SSSR count). The summed E-state index contributed by atoms with van der Waals surface area (Å²) < 4.78 is 11.0. The van der Waals surface area contributed by atoms with E-state index in [0.717, 1.165) is 5.56 Å². The van der Waals surface area contributed by atoms with Crippen LogP contribution in [0.4, 0.5) is 10.5 Å². The standard InChI is InChI=1S/C30H28N2O8/c1-37-26-14-8-23(9-15-26)30(34,22-6-3-2-4-7-22)24-10-16-27(17-11-24)38-21-5-20-31-29(33)40-39-28-18-12-25(13-19-28)32(35)36/h2-4,6-19,34H,5,20-21H2,1H3,(H,31,33). The molecule has 1 unspecified atom stereocenters. The van der Waals surface area contributed by atoms with Crippen molar-refractivity contribution in [1.82, 2.24) is 5.32 Å². The molecular weight excluding hydrogens is 516 g/mol. The molecule has 0 aromatic heterocycles. The Labute approximate surface area is 230 Å². The molecule has 10 heteroatoms. The van der Waals surface area contributed by atoms with Gasteiger partial charge < -0.3 is 19.9 Å². The summed E-state index contributed by atoms with van der Waals surface area (Å²) in [6.07, 6.45) is -0.310. The molecule has 0 spiro atoms. The third kappa shape index (κ3) is 6.86. The first-order chi connectivity index (χ1) is 19.4. The number of nitro groups is 1. The summed E-state index contributed by atoms with van der Waals surface area (Å²) in [6.45, 7) is 0.593. The van der Waals surface area contributed by atoms with Gasteiger partial charge in [-0.15, -0.1) is 0 Å². The Morgan fingerprint density at radius 2 is 1.38 bits per heavy atom. The van der Waals surface area contributed by atoms with Gasteiger partial charge in [-0.1, -0.05) is 54.6 Å². The Bertz CT molecular complexity index is 1390. The van der Waals surface area contributed by atoms with Crippen molar-refractivity contribution in [2.24, 2.45) is 0 Å². The van der Waals surface area contributed by atoms with Crippen LogP contribution in [0.1, 0.15) is 23.1 Å². The van der Waals surface area contributed by atoms with Crippen molar-refractivity contribution < 1.29 is 34.1 Å². The molecule has 206 valence electrons. The zero-order valence-corrected chi connectivity index (χ0v) is 21.7. The Morgan fingerprint density at radius 3 is 1.95 bits per heavy atom. The van der Waals surface area contributed by atoms with Gasteiger partial charge in [-0.25, -0.2) is 9.68 Å². The van der Waals surface area contributed by atoms with Gasteiger partial charge in [0.25, 0.3) is 5.69 Å². The van der Waals surface area contributed by atoms with Crippen molar-refractivity contribution in [3.8, 4) is 17.2 Å². The molecule has 4 aromatic carbocycles. The fourth-order valence-corrected chi connectivity index (χ4v) is 4.00. The lowest BCUT2D eigenvalue weighted by Gasteiger charge is -2.30. The SMILES string of the molecule is COc1ccc(C(O)(c2ccccc2)c2ccc(OCCCNC(=O)OOc3ccc([N+](=O)[O-])cc3)cc2)cc1. The van der Waals surface area contributed by atoms with Gasteiger partial charge in [-0.3, -0.25) is 15.0 Å². The van der Waals surface area contributed by atoms with E-state index in [4.69, 9.17) is 14.4 Å². The van der Waals surface area contributed by atoms with Crippen LogP contribution in [0.2, 0.25) is 0 Å². The van der Waals surface area contributed by atoms with E-state index >= 15 is 0 Å². The number of non-ortho nitro benzene ring substituents is 1. The second kappa shape index (κ2) is 13.1. The fourth-order valence-electron chi connectivity index (χ4n) is 4.00. The number of hydrogen-bond donors (Lipinski definition) is 2. The molecule has 0 aliphatic heterocycles. The van der Waals surface area contributed by atoms with Gasteiger partial charge in [0, 0.05) is 18.7 Å². The van der Waals surface area contributed by atoms with Crippen LogP contribution in [0.25, 0.3) is 0 Å². The van der Waals surface area contributed by atoms with Crippen LogP contribution in [0.3, 0.4) is 0 Å². The third-order valence-corrected chi connectivity index (χ3v) is 6.09. The van der Waals surface area contributed by atoms with Crippen molar-refractivity contribution >= 4 is 11.8 Å². The van der Waals surface area contributed by atoms with E-state index in [1.54, 1.807) is 19.2 Å². The number of nitro benzene ring substituents is 1. The maximum Gasteiger partial charge on any atom is 0.450 e. The smallest absolute Gasteiger partial charge is 0.450 e. The Morgan fingerprint density at radius 1 is 0.825 bits per heavy atom. The van der Waals surface area contributed by atoms with Gasteiger partial charge in [0.1, 0.15) is 17.1 Å². The van der Waals surface area contributed by atoms with Crippen molar-refractivity contribution in [2.45, 2.75) is 12.0 Å². The molecule has 0 fully saturated rings. The van der Waals surface area contributed by atoms with Gasteiger partial charge in [-0.2, -0.15) is 0 Å². The molecule has 0 saturated heterocycles. The van der Waals surface area contributed by atoms with Crippen molar-refractivity contribution in [3.63, 3.8) is 0 Å². The van der Waals surface area contributed by atoms with E-state index < -0.39 is 16.6 Å². The van der Waals surface area contributed by atoms with Crippen molar-refractivity contribution in [2.75, 3.05) is 20.3 Å². The second-order valence-corrected chi connectivity index (χ2v) is 8.66. The van der Waals surface area contributed by atoms with Gasteiger partial charge in [0.15, 0.2) is 5.75 Å². The highest BCUT2D eigenvalue weighted by molar-refractivity contribution is 5.66. The molecule has 0 aliphatic rings. The maximum atomic E-state index is 12.0. The molecular formula is C30H28N2O8.